The van der Waals surface area contributed by atoms with Gasteiger partial charge in [0.1, 0.15) is 5.82 Å². The average Bonchev–Trinajstić information content (AvgIpc) is 2.41. The second-order valence-corrected chi connectivity index (χ2v) is 6.32. The van der Waals surface area contributed by atoms with Crippen LogP contribution < -0.4 is 0 Å². The Hall–Kier alpha value is -1.22. The van der Waals surface area contributed by atoms with E-state index in [2.05, 4.69) is 6.92 Å². The number of nitrogens with zero attached hydrogens (tertiary/aromatic N) is 1. The first-order valence-corrected chi connectivity index (χ1v) is 7.40. The van der Waals surface area contributed by atoms with Gasteiger partial charge in [0.2, 0.25) is 0 Å². The highest BCUT2D eigenvalue weighted by Crippen LogP contribution is 2.37. The highest BCUT2D eigenvalue weighted by Gasteiger charge is 2.43. The number of benzene rings is 1. The molecule has 1 aliphatic carbocycles. The maximum atomic E-state index is 13.8. The molecule has 2 rings (SSSR count). The van der Waals surface area contributed by atoms with E-state index in [0.29, 0.717) is 11.5 Å². The van der Waals surface area contributed by atoms with E-state index in [4.69, 9.17) is 0 Å². The monoisotopic (exact) mass is 277 g/mol. The fraction of sp³-hybridized carbons (Fsp3) is 0.588. The lowest BCUT2D eigenvalue weighted by Crippen LogP contribution is -2.54. The number of likely N-dealkylation sites (N-methyl/N-ethyl adjacent to an activating group) is 1. The molecular weight excluding hydrogens is 253 g/mol. The maximum Gasteiger partial charge on any atom is 0.157 e. The third-order valence-corrected chi connectivity index (χ3v) is 4.66. The Morgan fingerprint density at radius 3 is 2.70 bits per heavy atom. The lowest BCUT2D eigenvalue weighted by Gasteiger charge is -2.44. The summed E-state index contributed by atoms with van der Waals surface area (Å²) in [6.45, 7) is 2.20. The van der Waals surface area contributed by atoms with Gasteiger partial charge in [0, 0.05) is 6.42 Å². The molecule has 0 heterocycles. The van der Waals surface area contributed by atoms with Crippen molar-refractivity contribution in [3.05, 3.63) is 35.6 Å². The molecule has 0 bridgehead atoms. The van der Waals surface area contributed by atoms with E-state index in [1.54, 1.807) is 18.2 Å². The van der Waals surface area contributed by atoms with E-state index in [9.17, 15) is 9.18 Å². The Morgan fingerprint density at radius 2 is 2.10 bits per heavy atom. The number of hydrogen-bond donors (Lipinski definition) is 0. The number of ketones is 1. The normalized spacial score (nSPS) is 26.8. The van der Waals surface area contributed by atoms with Crippen LogP contribution in [-0.2, 0) is 11.2 Å². The first kappa shape index (κ1) is 15.2. The second kappa shape index (κ2) is 6.04. The van der Waals surface area contributed by atoms with E-state index >= 15 is 0 Å². The highest BCUT2D eigenvalue weighted by atomic mass is 19.1. The van der Waals surface area contributed by atoms with Crippen molar-refractivity contribution in [3.63, 3.8) is 0 Å². The Labute approximate surface area is 121 Å². The Morgan fingerprint density at radius 1 is 1.40 bits per heavy atom. The van der Waals surface area contributed by atoms with Crippen molar-refractivity contribution in [2.75, 3.05) is 14.1 Å². The van der Waals surface area contributed by atoms with Crippen molar-refractivity contribution >= 4 is 5.78 Å². The lowest BCUT2D eigenvalue weighted by atomic mass is 9.72. The lowest BCUT2D eigenvalue weighted by molar-refractivity contribution is -0.132. The van der Waals surface area contributed by atoms with Gasteiger partial charge in [0.05, 0.1) is 5.54 Å². The molecule has 0 aromatic heterocycles. The van der Waals surface area contributed by atoms with Crippen molar-refractivity contribution in [1.82, 2.24) is 4.90 Å². The zero-order chi connectivity index (χ0) is 14.8. The molecule has 2 atom stereocenters. The van der Waals surface area contributed by atoms with Gasteiger partial charge in [-0.15, -0.1) is 0 Å². The molecule has 0 radical (unpaired) electrons. The van der Waals surface area contributed by atoms with Crippen LogP contribution in [0.1, 0.15) is 38.2 Å². The van der Waals surface area contributed by atoms with Gasteiger partial charge in [-0.05, 0) is 44.5 Å². The summed E-state index contributed by atoms with van der Waals surface area (Å²) in [5, 5.41) is 0. The topological polar surface area (TPSA) is 20.3 Å². The summed E-state index contributed by atoms with van der Waals surface area (Å²) >= 11 is 0. The summed E-state index contributed by atoms with van der Waals surface area (Å²) in [5.74, 6) is 0.425. The van der Waals surface area contributed by atoms with Crippen molar-refractivity contribution in [1.29, 1.82) is 0 Å². The minimum absolute atomic E-state index is 0.152. The molecule has 0 aliphatic heterocycles. The minimum atomic E-state index is -0.417. The number of carbonyl (C=O) groups excluding carboxylic acids is 1. The van der Waals surface area contributed by atoms with Crippen LogP contribution in [-0.4, -0.2) is 30.3 Å². The quantitative estimate of drug-likeness (QED) is 0.840. The zero-order valence-corrected chi connectivity index (χ0v) is 12.7. The summed E-state index contributed by atoms with van der Waals surface area (Å²) in [4.78, 5) is 14.9. The van der Waals surface area contributed by atoms with E-state index in [0.717, 1.165) is 19.3 Å². The molecule has 1 aromatic rings. The summed E-state index contributed by atoms with van der Waals surface area (Å²) in [7, 11) is 3.94. The zero-order valence-electron chi connectivity index (χ0n) is 12.7. The van der Waals surface area contributed by atoms with E-state index in [1.807, 2.05) is 19.0 Å². The van der Waals surface area contributed by atoms with Crippen LogP contribution in [0.3, 0.4) is 0 Å². The number of Topliss-reactive ketones (excluding diaryl/α,β-unsaturated/α-hetero) is 1. The largest absolute Gasteiger partial charge is 0.297 e. The van der Waals surface area contributed by atoms with Crippen molar-refractivity contribution in [2.45, 2.75) is 44.6 Å². The molecule has 1 saturated carbocycles. The standard InChI is InChI=1S/C17H24FNO/c1-13-7-6-10-17(12-13,19(2)3)16(20)11-14-8-4-5-9-15(14)18/h4-5,8-9,13H,6-7,10-12H2,1-3H3. The summed E-state index contributed by atoms with van der Waals surface area (Å²) in [5.41, 5.74) is 0.0943. The maximum absolute atomic E-state index is 13.8. The smallest absolute Gasteiger partial charge is 0.157 e. The Bertz CT molecular complexity index is 486. The van der Waals surface area contributed by atoms with Crippen LogP contribution in [0, 0.1) is 11.7 Å². The van der Waals surface area contributed by atoms with Crippen LogP contribution in [0.2, 0.25) is 0 Å². The van der Waals surface area contributed by atoms with Crippen molar-refractivity contribution in [3.8, 4) is 0 Å². The highest BCUT2D eigenvalue weighted by molar-refractivity contribution is 5.90. The molecular formula is C17H24FNO. The van der Waals surface area contributed by atoms with Gasteiger partial charge in [-0.25, -0.2) is 4.39 Å². The molecule has 2 nitrogen and oxygen atoms in total. The molecule has 20 heavy (non-hydrogen) atoms. The predicted octanol–water partition coefficient (Wildman–Crippen LogP) is 3.45. The Kier molecular flexibility index (Phi) is 4.59. The molecule has 1 aromatic carbocycles. The third kappa shape index (κ3) is 2.93. The van der Waals surface area contributed by atoms with Gasteiger partial charge >= 0.3 is 0 Å². The first-order chi connectivity index (χ1) is 9.45. The van der Waals surface area contributed by atoms with Crippen LogP contribution in [0.15, 0.2) is 24.3 Å². The molecule has 0 amide bonds. The summed E-state index contributed by atoms with van der Waals surface area (Å²) < 4.78 is 13.8. The van der Waals surface area contributed by atoms with Crippen LogP contribution in [0.25, 0.3) is 0 Å². The number of hydrogen-bond acceptors (Lipinski definition) is 2. The molecule has 1 aliphatic rings. The first-order valence-electron chi connectivity index (χ1n) is 7.40. The molecule has 0 spiro atoms. The van der Waals surface area contributed by atoms with Gasteiger partial charge < -0.3 is 0 Å². The fourth-order valence-corrected chi connectivity index (χ4v) is 3.41. The van der Waals surface area contributed by atoms with Gasteiger partial charge in [0.15, 0.2) is 5.78 Å². The van der Waals surface area contributed by atoms with E-state index < -0.39 is 5.54 Å². The van der Waals surface area contributed by atoms with Crippen molar-refractivity contribution < 1.29 is 9.18 Å². The molecule has 3 heteroatoms. The molecule has 110 valence electrons. The van der Waals surface area contributed by atoms with Gasteiger partial charge in [-0.1, -0.05) is 38.0 Å². The average molecular weight is 277 g/mol. The predicted molar refractivity (Wildman–Crippen MR) is 79.2 cm³/mol. The van der Waals surface area contributed by atoms with Gasteiger partial charge in [-0.3, -0.25) is 9.69 Å². The number of halogens is 1. The molecule has 0 N–H and O–H groups in total. The number of carbonyl (C=O) groups is 1. The fourth-order valence-electron chi connectivity index (χ4n) is 3.41. The van der Waals surface area contributed by atoms with E-state index in [1.165, 1.54) is 12.5 Å². The van der Waals surface area contributed by atoms with Gasteiger partial charge in [0.25, 0.3) is 0 Å². The summed E-state index contributed by atoms with van der Waals surface area (Å²) in [6, 6.07) is 6.59. The third-order valence-electron chi connectivity index (χ3n) is 4.66. The SMILES string of the molecule is CC1CCCC(C(=O)Cc2ccccc2F)(N(C)C)C1. The Balaban J connectivity index is 2.22. The molecule has 2 unspecified atom stereocenters. The molecule has 1 fully saturated rings. The molecule has 0 saturated heterocycles. The van der Waals surface area contributed by atoms with Crippen LogP contribution in [0.4, 0.5) is 4.39 Å². The van der Waals surface area contributed by atoms with Crippen LogP contribution >= 0.6 is 0 Å². The van der Waals surface area contributed by atoms with Gasteiger partial charge in [-0.2, -0.15) is 0 Å². The number of rotatable bonds is 4. The van der Waals surface area contributed by atoms with Crippen LogP contribution in [0.5, 0.6) is 0 Å². The minimum Gasteiger partial charge on any atom is -0.297 e. The summed E-state index contributed by atoms with van der Waals surface area (Å²) in [6.07, 6.45) is 4.22. The second-order valence-electron chi connectivity index (χ2n) is 6.32. The van der Waals surface area contributed by atoms with Crippen molar-refractivity contribution in [2.24, 2.45) is 5.92 Å². The van der Waals surface area contributed by atoms with E-state index in [-0.39, 0.29) is 18.0 Å².